The SMILES string of the molecule is CC(N)Cc1ccc(Sc2ncnc3nc[nH]c23)cc1. The second-order valence-corrected chi connectivity index (χ2v) is 5.77. The Balaban J connectivity index is 1.82. The molecule has 5 nitrogen and oxygen atoms in total. The number of nitrogens with two attached hydrogens (primary N) is 1. The number of hydrogen-bond donors (Lipinski definition) is 2. The van der Waals surface area contributed by atoms with Crippen molar-refractivity contribution in [1.82, 2.24) is 19.9 Å². The van der Waals surface area contributed by atoms with Gasteiger partial charge in [0.05, 0.1) is 6.33 Å². The maximum atomic E-state index is 5.80. The maximum absolute atomic E-state index is 5.80. The van der Waals surface area contributed by atoms with E-state index in [0.717, 1.165) is 21.9 Å². The first-order valence-corrected chi connectivity index (χ1v) is 7.20. The molecule has 0 aliphatic carbocycles. The minimum absolute atomic E-state index is 0.181. The van der Waals surface area contributed by atoms with E-state index in [9.17, 15) is 0 Å². The number of rotatable bonds is 4. The summed E-state index contributed by atoms with van der Waals surface area (Å²) in [4.78, 5) is 16.8. The van der Waals surface area contributed by atoms with Crippen LogP contribution in [0.25, 0.3) is 11.2 Å². The van der Waals surface area contributed by atoms with E-state index in [0.29, 0.717) is 5.65 Å². The highest BCUT2D eigenvalue weighted by molar-refractivity contribution is 7.99. The molecule has 1 atom stereocenters. The number of H-pyrrole nitrogens is 1. The lowest BCUT2D eigenvalue weighted by atomic mass is 10.1. The van der Waals surface area contributed by atoms with Crippen LogP contribution in [0.5, 0.6) is 0 Å². The molecule has 2 heterocycles. The van der Waals surface area contributed by atoms with Gasteiger partial charge in [-0.15, -0.1) is 0 Å². The highest BCUT2D eigenvalue weighted by Gasteiger charge is 2.07. The van der Waals surface area contributed by atoms with Crippen LogP contribution < -0.4 is 5.73 Å². The molecule has 0 spiro atoms. The minimum atomic E-state index is 0.181. The van der Waals surface area contributed by atoms with Crippen LogP contribution in [0.2, 0.25) is 0 Å². The lowest BCUT2D eigenvalue weighted by molar-refractivity contribution is 0.737. The van der Waals surface area contributed by atoms with Gasteiger partial charge >= 0.3 is 0 Å². The van der Waals surface area contributed by atoms with Crippen LogP contribution in [0.3, 0.4) is 0 Å². The molecule has 102 valence electrons. The average molecular weight is 285 g/mol. The fourth-order valence-corrected chi connectivity index (χ4v) is 2.84. The van der Waals surface area contributed by atoms with E-state index in [1.54, 1.807) is 18.1 Å². The molecule has 1 aromatic carbocycles. The summed E-state index contributed by atoms with van der Waals surface area (Å²) in [5.74, 6) is 0. The lowest BCUT2D eigenvalue weighted by Crippen LogP contribution is -2.17. The molecule has 0 fully saturated rings. The zero-order chi connectivity index (χ0) is 13.9. The summed E-state index contributed by atoms with van der Waals surface area (Å²) in [5, 5.41) is 0.882. The van der Waals surface area contributed by atoms with Gasteiger partial charge in [-0.25, -0.2) is 15.0 Å². The predicted molar refractivity (Wildman–Crippen MR) is 79.6 cm³/mol. The molecule has 2 aromatic heterocycles. The van der Waals surface area contributed by atoms with E-state index in [1.165, 1.54) is 11.9 Å². The third-order valence-electron chi connectivity index (χ3n) is 2.88. The van der Waals surface area contributed by atoms with Crippen LogP contribution in [-0.2, 0) is 6.42 Å². The largest absolute Gasteiger partial charge is 0.341 e. The quantitative estimate of drug-likeness (QED) is 0.719. The van der Waals surface area contributed by atoms with Gasteiger partial charge in [0.25, 0.3) is 0 Å². The Hall–Kier alpha value is -1.92. The molecule has 0 saturated heterocycles. The fourth-order valence-electron chi connectivity index (χ4n) is 2.00. The van der Waals surface area contributed by atoms with Crippen molar-refractivity contribution in [2.75, 3.05) is 0 Å². The van der Waals surface area contributed by atoms with Gasteiger partial charge < -0.3 is 10.7 Å². The van der Waals surface area contributed by atoms with Crippen LogP contribution in [0.1, 0.15) is 12.5 Å². The third-order valence-corrected chi connectivity index (χ3v) is 3.89. The highest BCUT2D eigenvalue weighted by Crippen LogP contribution is 2.29. The summed E-state index contributed by atoms with van der Waals surface area (Å²) >= 11 is 1.60. The molecular weight excluding hydrogens is 270 g/mol. The summed E-state index contributed by atoms with van der Waals surface area (Å²) in [6.45, 7) is 2.01. The van der Waals surface area contributed by atoms with Crippen molar-refractivity contribution in [3.05, 3.63) is 42.5 Å². The molecule has 1 unspecified atom stereocenters. The number of nitrogens with one attached hydrogen (secondary N) is 1. The first-order chi connectivity index (χ1) is 9.72. The van der Waals surface area contributed by atoms with Crippen molar-refractivity contribution in [2.24, 2.45) is 5.73 Å². The average Bonchev–Trinajstić information content (AvgIpc) is 2.90. The molecular formula is C14H15N5S. The smallest absolute Gasteiger partial charge is 0.181 e. The highest BCUT2D eigenvalue weighted by atomic mass is 32.2. The van der Waals surface area contributed by atoms with Crippen LogP contribution in [-0.4, -0.2) is 26.0 Å². The Morgan fingerprint density at radius 3 is 2.75 bits per heavy atom. The van der Waals surface area contributed by atoms with E-state index in [-0.39, 0.29) is 6.04 Å². The Labute approximate surface area is 121 Å². The first kappa shape index (κ1) is 13.1. The number of nitrogens with zero attached hydrogens (tertiary/aromatic N) is 3. The number of hydrogen-bond acceptors (Lipinski definition) is 5. The number of benzene rings is 1. The van der Waals surface area contributed by atoms with Crippen LogP contribution in [0.4, 0.5) is 0 Å². The molecule has 3 aromatic rings. The summed E-state index contributed by atoms with van der Waals surface area (Å²) in [5.41, 5.74) is 8.62. The van der Waals surface area contributed by atoms with Crippen molar-refractivity contribution in [3.8, 4) is 0 Å². The number of aromatic amines is 1. The normalized spacial score (nSPS) is 12.7. The molecule has 20 heavy (non-hydrogen) atoms. The van der Waals surface area contributed by atoms with Gasteiger partial charge in [0.1, 0.15) is 16.9 Å². The van der Waals surface area contributed by atoms with E-state index in [2.05, 4.69) is 44.2 Å². The van der Waals surface area contributed by atoms with Crippen molar-refractivity contribution in [1.29, 1.82) is 0 Å². The van der Waals surface area contributed by atoms with E-state index in [1.807, 2.05) is 6.92 Å². The summed E-state index contributed by atoms with van der Waals surface area (Å²) < 4.78 is 0. The summed E-state index contributed by atoms with van der Waals surface area (Å²) in [7, 11) is 0. The molecule has 0 radical (unpaired) electrons. The third kappa shape index (κ3) is 2.81. The van der Waals surface area contributed by atoms with Crippen LogP contribution >= 0.6 is 11.8 Å². The monoisotopic (exact) mass is 285 g/mol. The Kier molecular flexibility index (Phi) is 3.66. The molecule has 0 aliphatic rings. The van der Waals surface area contributed by atoms with Crippen molar-refractivity contribution < 1.29 is 0 Å². The topological polar surface area (TPSA) is 80.5 Å². The van der Waals surface area contributed by atoms with Gasteiger partial charge in [0, 0.05) is 10.9 Å². The Morgan fingerprint density at radius 1 is 1.20 bits per heavy atom. The zero-order valence-electron chi connectivity index (χ0n) is 11.1. The van der Waals surface area contributed by atoms with Gasteiger partial charge in [-0.3, -0.25) is 0 Å². The van der Waals surface area contributed by atoms with Crippen LogP contribution in [0, 0.1) is 0 Å². The summed E-state index contributed by atoms with van der Waals surface area (Å²) in [6.07, 6.45) is 4.06. The second-order valence-electron chi connectivity index (χ2n) is 4.71. The van der Waals surface area contributed by atoms with Crippen molar-refractivity contribution in [2.45, 2.75) is 29.3 Å². The molecule has 0 amide bonds. The van der Waals surface area contributed by atoms with Crippen molar-refractivity contribution in [3.63, 3.8) is 0 Å². The molecule has 0 saturated carbocycles. The van der Waals surface area contributed by atoms with Gasteiger partial charge in [-0.05, 0) is 31.0 Å². The number of imidazole rings is 1. The van der Waals surface area contributed by atoms with E-state index in [4.69, 9.17) is 5.73 Å². The van der Waals surface area contributed by atoms with Gasteiger partial charge in [0.2, 0.25) is 0 Å². The number of aromatic nitrogens is 4. The lowest BCUT2D eigenvalue weighted by Gasteiger charge is -2.06. The minimum Gasteiger partial charge on any atom is -0.341 e. The van der Waals surface area contributed by atoms with E-state index < -0.39 is 0 Å². The summed E-state index contributed by atoms with van der Waals surface area (Å²) in [6, 6.07) is 8.58. The molecule has 3 N–H and O–H groups in total. The predicted octanol–water partition coefficient (Wildman–Crippen LogP) is 2.39. The Bertz CT molecular complexity index is 705. The molecule has 6 heteroatoms. The van der Waals surface area contributed by atoms with E-state index >= 15 is 0 Å². The molecule has 0 bridgehead atoms. The number of fused-ring (bicyclic) bond motifs is 1. The maximum Gasteiger partial charge on any atom is 0.181 e. The Morgan fingerprint density at radius 2 is 2.00 bits per heavy atom. The fraction of sp³-hybridized carbons (Fsp3) is 0.214. The van der Waals surface area contributed by atoms with Gasteiger partial charge in [0.15, 0.2) is 5.65 Å². The molecule has 3 rings (SSSR count). The standard InChI is InChI=1S/C14H15N5S/c1-9(15)6-10-2-4-11(5-3-10)20-14-12-13(17-7-16-12)18-8-19-14/h2-5,7-9H,6,15H2,1H3,(H,16,17,18,19). The van der Waals surface area contributed by atoms with Crippen LogP contribution in [0.15, 0.2) is 46.8 Å². The van der Waals surface area contributed by atoms with Crippen molar-refractivity contribution >= 4 is 22.9 Å². The molecule has 0 aliphatic heterocycles. The first-order valence-electron chi connectivity index (χ1n) is 6.39. The van der Waals surface area contributed by atoms with Gasteiger partial charge in [-0.2, -0.15) is 0 Å². The zero-order valence-corrected chi connectivity index (χ0v) is 11.9. The van der Waals surface area contributed by atoms with Gasteiger partial charge in [-0.1, -0.05) is 23.9 Å². The second kappa shape index (κ2) is 5.60.